The molecule has 0 bridgehead atoms. The number of amides is 1. The highest BCUT2D eigenvalue weighted by molar-refractivity contribution is 5.75. The number of aromatic nitrogens is 2. The smallest absolute Gasteiger partial charge is 0.227 e. The average molecular weight is 332 g/mol. The van der Waals surface area contributed by atoms with E-state index in [1.807, 2.05) is 24.3 Å². The fourth-order valence-corrected chi connectivity index (χ4v) is 2.06. The fraction of sp³-hybridized carbons (Fsp3) is 0.471. The normalized spacial score (nSPS) is 10.6. The second-order valence-electron chi connectivity index (χ2n) is 5.38. The number of carbonyl (C=O) groups excluding carboxylic acids is 1. The molecule has 3 N–H and O–H groups in total. The predicted molar refractivity (Wildman–Crippen MR) is 90.5 cm³/mol. The largest absolute Gasteiger partial charge is 0.494 e. The van der Waals surface area contributed by atoms with E-state index in [1.165, 1.54) is 0 Å². The number of nitrogens with zero attached hydrogens (tertiary/aromatic N) is 2. The molecule has 0 saturated heterocycles. The van der Waals surface area contributed by atoms with Gasteiger partial charge in [-0.25, -0.2) is 0 Å². The van der Waals surface area contributed by atoms with Crippen molar-refractivity contribution in [1.29, 1.82) is 0 Å². The molecule has 2 aromatic rings. The third kappa shape index (κ3) is 5.66. The number of carbonyl (C=O) groups is 1. The Balaban J connectivity index is 1.89. The number of benzene rings is 1. The van der Waals surface area contributed by atoms with Crippen molar-refractivity contribution >= 4 is 5.91 Å². The van der Waals surface area contributed by atoms with Gasteiger partial charge in [0.15, 0.2) is 0 Å². The van der Waals surface area contributed by atoms with Crippen LogP contribution in [0.25, 0.3) is 11.4 Å². The van der Waals surface area contributed by atoms with Gasteiger partial charge in [0.1, 0.15) is 5.75 Å². The number of aryl methyl sites for hydroxylation is 1. The fourth-order valence-electron chi connectivity index (χ4n) is 2.06. The lowest BCUT2D eigenvalue weighted by molar-refractivity contribution is -0.121. The first-order chi connectivity index (χ1) is 11.7. The first-order valence-electron chi connectivity index (χ1n) is 8.25. The number of hydrogen-bond acceptors (Lipinski definition) is 6. The molecule has 130 valence electrons. The van der Waals surface area contributed by atoms with Crippen LogP contribution < -0.4 is 15.8 Å². The van der Waals surface area contributed by atoms with Gasteiger partial charge in [0.25, 0.3) is 0 Å². The Kier molecular flexibility index (Phi) is 7.22. The van der Waals surface area contributed by atoms with Crippen LogP contribution in [0, 0.1) is 0 Å². The SMILES string of the molecule is CCCOc1cccc(-c2noc(CCC(=O)NCCCN)n2)c1. The lowest BCUT2D eigenvalue weighted by Gasteiger charge is -2.04. The predicted octanol–water partition coefficient (Wildman–Crippen LogP) is 1.92. The summed E-state index contributed by atoms with van der Waals surface area (Å²) in [5.74, 6) is 1.67. The molecule has 7 nitrogen and oxygen atoms in total. The summed E-state index contributed by atoms with van der Waals surface area (Å²) in [6.45, 7) is 3.88. The lowest BCUT2D eigenvalue weighted by Crippen LogP contribution is -2.26. The van der Waals surface area contributed by atoms with Crippen molar-refractivity contribution in [1.82, 2.24) is 15.5 Å². The van der Waals surface area contributed by atoms with Gasteiger partial charge in [-0.1, -0.05) is 24.2 Å². The molecule has 0 fully saturated rings. The molecular weight excluding hydrogens is 308 g/mol. The van der Waals surface area contributed by atoms with Gasteiger partial charge < -0.3 is 20.3 Å². The molecule has 24 heavy (non-hydrogen) atoms. The van der Waals surface area contributed by atoms with Gasteiger partial charge in [0.05, 0.1) is 6.61 Å². The zero-order valence-electron chi connectivity index (χ0n) is 14.0. The number of ether oxygens (including phenoxy) is 1. The maximum Gasteiger partial charge on any atom is 0.227 e. The molecule has 0 aliphatic rings. The van der Waals surface area contributed by atoms with E-state index < -0.39 is 0 Å². The summed E-state index contributed by atoms with van der Waals surface area (Å²) < 4.78 is 10.8. The molecule has 1 amide bonds. The van der Waals surface area contributed by atoms with E-state index in [0.717, 1.165) is 24.2 Å². The van der Waals surface area contributed by atoms with Crippen LogP contribution in [-0.2, 0) is 11.2 Å². The van der Waals surface area contributed by atoms with Gasteiger partial charge in [0, 0.05) is 24.9 Å². The third-order valence-corrected chi connectivity index (χ3v) is 3.30. The molecule has 0 saturated carbocycles. The van der Waals surface area contributed by atoms with Crippen LogP contribution in [0.4, 0.5) is 0 Å². The van der Waals surface area contributed by atoms with Crippen LogP contribution in [0.15, 0.2) is 28.8 Å². The Labute approximate surface area is 141 Å². The number of nitrogens with one attached hydrogen (secondary N) is 1. The number of rotatable bonds is 10. The molecule has 1 aromatic carbocycles. The second-order valence-corrected chi connectivity index (χ2v) is 5.38. The molecule has 1 heterocycles. The highest BCUT2D eigenvalue weighted by Crippen LogP contribution is 2.21. The minimum absolute atomic E-state index is 0.0434. The highest BCUT2D eigenvalue weighted by Gasteiger charge is 2.11. The van der Waals surface area contributed by atoms with E-state index >= 15 is 0 Å². The maximum atomic E-state index is 11.7. The van der Waals surface area contributed by atoms with Crippen LogP contribution in [0.1, 0.15) is 32.1 Å². The van der Waals surface area contributed by atoms with E-state index in [2.05, 4.69) is 22.4 Å². The van der Waals surface area contributed by atoms with E-state index in [0.29, 0.717) is 44.3 Å². The molecule has 0 spiro atoms. The molecule has 2 rings (SSSR count). The summed E-state index contributed by atoms with van der Waals surface area (Å²) in [6, 6.07) is 7.56. The molecule has 7 heteroatoms. The summed E-state index contributed by atoms with van der Waals surface area (Å²) in [4.78, 5) is 16.0. The van der Waals surface area contributed by atoms with Gasteiger partial charge in [-0.05, 0) is 31.5 Å². The molecule has 0 atom stereocenters. The third-order valence-electron chi connectivity index (χ3n) is 3.30. The molecule has 0 aliphatic carbocycles. The summed E-state index contributed by atoms with van der Waals surface area (Å²) in [5.41, 5.74) is 6.21. The van der Waals surface area contributed by atoms with Crippen molar-refractivity contribution in [2.45, 2.75) is 32.6 Å². The van der Waals surface area contributed by atoms with Gasteiger partial charge in [-0.3, -0.25) is 4.79 Å². The van der Waals surface area contributed by atoms with Crippen LogP contribution in [0.5, 0.6) is 5.75 Å². The van der Waals surface area contributed by atoms with Crippen molar-refractivity contribution in [2.24, 2.45) is 5.73 Å². The summed E-state index contributed by atoms with van der Waals surface area (Å²) in [7, 11) is 0. The Morgan fingerprint density at radius 2 is 2.29 bits per heavy atom. The molecule has 0 aliphatic heterocycles. The number of hydrogen-bond donors (Lipinski definition) is 2. The highest BCUT2D eigenvalue weighted by atomic mass is 16.5. The molecule has 0 radical (unpaired) electrons. The van der Waals surface area contributed by atoms with Crippen LogP contribution >= 0.6 is 0 Å². The Morgan fingerprint density at radius 1 is 1.42 bits per heavy atom. The van der Waals surface area contributed by atoms with Gasteiger partial charge >= 0.3 is 0 Å². The second kappa shape index (κ2) is 9.67. The maximum absolute atomic E-state index is 11.7. The number of nitrogens with two attached hydrogens (primary N) is 1. The molecule has 1 aromatic heterocycles. The summed E-state index contributed by atoms with van der Waals surface area (Å²) in [5, 5.41) is 6.77. The van der Waals surface area contributed by atoms with E-state index in [-0.39, 0.29) is 5.91 Å². The van der Waals surface area contributed by atoms with E-state index in [1.54, 1.807) is 0 Å². The monoisotopic (exact) mass is 332 g/mol. The van der Waals surface area contributed by atoms with Crippen molar-refractivity contribution in [3.63, 3.8) is 0 Å². The quantitative estimate of drug-likeness (QED) is 0.644. The van der Waals surface area contributed by atoms with Crippen LogP contribution in [0.2, 0.25) is 0 Å². The topological polar surface area (TPSA) is 103 Å². The first kappa shape index (κ1) is 17.9. The average Bonchev–Trinajstić information content (AvgIpc) is 3.08. The van der Waals surface area contributed by atoms with Crippen LogP contribution in [0.3, 0.4) is 0 Å². The standard InChI is InChI=1S/C17H24N4O3/c1-2-11-23-14-6-3-5-13(12-14)17-20-16(24-21-17)8-7-15(22)19-10-4-9-18/h3,5-6,12H,2,4,7-11,18H2,1H3,(H,19,22). The minimum Gasteiger partial charge on any atom is -0.494 e. The van der Waals surface area contributed by atoms with Crippen molar-refractivity contribution in [3.8, 4) is 17.1 Å². The lowest BCUT2D eigenvalue weighted by atomic mass is 10.2. The van der Waals surface area contributed by atoms with Gasteiger partial charge in [-0.15, -0.1) is 0 Å². The Morgan fingerprint density at radius 3 is 3.08 bits per heavy atom. The summed E-state index contributed by atoms with van der Waals surface area (Å²) in [6.07, 6.45) is 2.44. The van der Waals surface area contributed by atoms with Crippen molar-refractivity contribution in [2.75, 3.05) is 19.7 Å². The van der Waals surface area contributed by atoms with Crippen molar-refractivity contribution < 1.29 is 14.1 Å². The van der Waals surface area contributed by atoms with Crippen LogP contribution in [-0.4, -0.2) is 35.7 Å². The Bertz CT molecular complexity index is 642. The van der Waals surface area contributed by atoms with E-state index in [4.69, 9.17) is 15.0 Å². The van der Waals surface area contributed by atoms with Gasteiger partial charge in [0.2, 0.25) is 17.6 Å². The molecular formula is C17H24N4O3. The van der Waals surface area contributed by atoms with E-state index in [9.17, 15) is 4.79 Å². The zero-order chi connectivity index (χ0) is 17.2. The zero-order valence-corrected chi connectivity index (χ0v) is 14.0. The summed E-state index contributed by atoms with van der Waals surface area (Å²) >= 11 is 0. The van der Waals surface area contributed by atoms with Crippen molar-refractivity contribution in [3.05, 3.63) is 30.2 Å². The first-order valence-corrected chi connectivity index (χ1v) is 8.25. The minimum atomic E-state index is -0.0434. The molecule has 0 unspecified atom stereocenters. The Hall–Kier alpha value is -2.41. The van der Waals surface area contributed by atoms with Gasteiger partial charge in [-0.2, -0.15) is 4.98 Å².